The smallest absolute Gasteiger partial charge is 0.236 e. The zero-order chi connectivity index (χ0) is 17.6. The number of pyridine rings is 1. The first-order valence-corrected chi connectivity index (χ1v) is 9.25. The van der Waals surface area contributed by atoms with E-state index in [1.165, 1.54) is 0 Å². The zero-order valence-corrected chi connectivity index (χ0v) is 14.9. The van der Waals surface area contributed by atoms with E-state index in [-0.39, 0.29) is 5.91 Å². The second-order valence-electron chi connectivity index (χ2n) is 7.35. The average molecular weight is 341 g/mol. The molecule has 1 atom stereocenters. The van der Waals surface area contributed by atoms with Crippen molar-refractivity contribution in [1.82, 2.24) is 14.8 Å². The first-order chi connectivity index (χ1) is 12.2. The molecule has 0 bridgehead atoms. The predicted molar refractivity (Wildman–Crippen MR) is 97.0 cm³/mol. The molecule has 6 heteroatoms. The summed E-state index contributed by atoms with van der Waals surface area (Å²) in [4.78, 5) is 21.0. The van der Waals surface area contributed by atoms with Crippen LogP contribution in [-0.2, 0) is 4.79 Å². The Morgan fingerprint density at radius 1 is 1.36 bits per heavy atom. The van der Waals surface area contributed by atoms with Crippen LogP contribution in [0.4, 0.5) is 5.82 Å². The van der Waals surface area contributed by atoms with E-state index in [9.17, 15) is 4.79 Å². The third-order valence-corrected chi connectivity index (χ3v) is 5.35. The third kappa shape index (κ3) is 4.70. The van der Waals surface area contributed by atoms with Gasteiger partial charge in [-0.05, 0) is 49.8 Å². The summed E-state index contributed by atoms with van der Waals surface area (Å²) in [6.07, 6.45) is 5.03. The number of amides is 1. The minimum Gasteiger partial charge on any atom is -0.369 e. The van der Waals surface area contributed by atoms with E-state index < -0.39 is 0 Å². The summed E-state index contributed by atoms with van der Waals surface area (Å²) in [5.74, 6) is 2.16. The second-order valence-corrected chi connectivity index (χ2v) is 7.35. The highest BCUT2D eigenvalue weighted by Gasteiger charge is 2.27. The molecular weight excluding hydrogens is 314 g/mol. The number of carbonyl (C=O) groups is 1. The number of nitriles is 1. The molecule has 2 aliphatic rings. The molecule has 0 aromatic carbocycles. The van der Waals surface area contributed by atoms with Crippen LogP contribution in [0.15, 0.2) is 18.3 Å². The Morgan fingerprint density at radius 3 is 2.92 bits per heavy atom. The van der Waals surface area contributed by atoms with Crippen molar-refractivity contribution in [2.45, 2.75) is 26.2 Å². The average Bonchev–Trinajstić information content (AvgIpc) is 3.08. The molecule has 0 radical (unpaired) electrons. The molecule has 2 saturated heterocycles. The van der Waals surface area contributed by atoms with Crippen LogP contribution < -0.4 is 5.32 Å². The number of anilines is 1. The monoisotopic (exact) mass is 341 g/mol. The summed E-state index contributed by atoms with van der Waals surface area (Å²) in [7, 11) is 0. The molecular formula is C19H27N5O. The van der Waals surface area contributed by atoms with Crippen LogP contribution in [0.3, 0.4) is 0 Å². The fourth-order valence-electron chi connectivity index (χ4n) is 3.65. The lowest BCUT2D eigenvalue weighted by Crippen LogP contribution is -2.43. The van der Waals surface area contributed by atoms with E-state index in [0.717, 1.165) is 57.9 Å². The van der Waals surface area contributed by atoms with Crippen LogP contribution in [0.5, 0.6) is 0 Å². The van der Waals surface area contributed by atoms with Crippen LogP contribution in [0.2, 0.25) is 0 Å². The van der Waals surface area contributed by atoms with Crippen molar-refractivity contribution >= 4 is 11.7 Å². The highest BCUT2D eigenvalue weighted by Crippen LogP contribution is 2.20. The van der Waals surface area contributed by atoms with Gasteiger partial charge in [0.15, 0.2) is 0 Å². The molecule has 3 rings (SSSR count). The van der Waals surface area contributed by atoms with E-state index in [1.54, 1.807) is 18.3 Å². The molecule has 0 aliphatic carbocycles. The number of nitrogens with zero attached hydrogens (tertiary/aromatic N) is 4. The topological polar surface area (TPSA) is 72.3 Å². The summed E-state index contributed by atoms with van der Waals surface area (Å²) in [6, 6.07) is 5.70. The van der Waals surface area contributed by atoms with E-state index in [1.807, 2.05) is 4.90 Å². The van der Waals surface area contributed by atoms with Crippen LogP contribution in [-0.4, -0.2) is 60.0 Å². The van der Waals surface area contributed by atoms with Gasteiger partial charge in [0.05, 0.1) is 12.1 Å². The number of hydrogen-bond donors (Lipinski definition) is 1. The molecule has 1 amide bonds. The minimum atomic E-state index is 0.275. The molecule has 25 heavy (non-hydrogen) atoms. The van der Waals surface area contributed by atoms with Gasteiger partial charge in [-0.3, -0.25) is 9.69 Å². The molecule has 1 aromatic heterocycles. The van der Waals surface area contributed by atoms with Gasteiger partial charge in [0.1, 0.15) is 11.9 Å². The van der Waals surface area contributed by atoms with Crippen LogP contribution in [0.1, 0.15) is 31.7 Å². The number of carbonyl (C=O) groups excluding carboxylic acids is 1. The van der Waals surface area contributed by atoms with Crippen molar-refractivity contribution in [3.63, 3.8) is 0 Å². The molecule has 2 fully saturated rings. The van der Waals surface area contributed by atoms with Gasteiger partial charge >= 0.3 is 0 Å². The van der Waals surface area contributed by atoms with Gasteiger partial charge in [-0.1, -0.05) is 6.92 Å². The maximum Gasteiger partial charge on any atom is 0.236 e. The molecule has 134 valence electrons. The van der Waals surface area contributed by atoms with Crippen molar-refractivity contribution in [3.05, 3.63) is 23.9 Å². The van der Waals surface area contributed by atoms with E-state index >= 15 is 0 Å². The molecule has 1 N–H and O–H groups in total. The number of aromatic nitrogens is 1. The van der Waals surface area contributed by atoms with E-state index in [4.69, 9.17) is 5.26 Å². The van der Waals surface area contributed by atoms with Gasteiger partial charge in [0.2, 0.25) is 5.91 Å². The highest BCUT2D eigenvalue weighted by molar-refractivity contribution is 5.78. The number of hydrogen-bond acceptors (Lipinski definition) is 5. The quantitative estimate of drug-likeness (QED) is 0.886. The maximum absolute atomic E-state index is 12.5. The van der Waals surface area contributed by atoms with E-state index in [0.29, 0.717) is 23.8 Å². The Labute approximate surface area is 149 Å². The molecule has 2 aliphatic heterocycles. The van der Waals surface area contributed by atoms with Gasteiger partial charge in [-0.25, -0.2) is 4.98 Å². The molecule has 3 heterocycles. The highest BCUT2D eigenvalue weighted by atomic mass is 16.2. The minimum absolute atomic E-state index is 0.275. The number of piperidine rings is 1. The van der Waals surface area contributed by atoms with Crippen LogP contribution in [0, 0.1) is 23.2 Å². The summed E-state index contributed by atoms with van der Waals surface area (Å²) in [5, 5.41) is 12.4. The lowest BCUT2D eigenvalue weighted by Gasteiger charge is -2.31. The lowest BCUT2D eigenvalue weighted by atomic mass is 9.99. The number of rotatable bonds is 5. The SMILES string of the molecule is CC1CCN(C(=O)CN2CC[C@@H](CNc3ncccc3C#N)C2)CC1. The molecule has 6 nitrogen and oxygen atoms in total. The van der Waals surface area contributed by atoms with Gasteiger partial charge in [0.25, 0.3) is 0 Å². The fraction of sp³-hybridized carbons (Fsp3) is 0.632. The standard InChI is InChI=1S/C19H27N5O/c1-15-4-9-24(10-5-15)18(25)14-23-8-6-16(13-23)12-22-19-17(11-20)3-2-7-21-19/h2-3,7,15-16H,4-6,8-10,12-14H2,1H3,(H,21,22)/t16-/m0/s1. The Bertz CT molecular complexity index is 633. The van der Waals surface area contributed by atoms with Crippen LogP contribution in [0.25, 0.3) is 0 Å². The van der Waals surface area contributed by atoms with Crippen molar-refractivity contribution in [3.8, 4) is 6.07 Å². The maximum atomic E-state index is 12.5. The second kappa shape index (κ2) is 8.30. The Balaban J connectivity index is 1.43. The van der Waals surface area contributed by atoms with Crippen molar-refractivity contribution in [1.29, 1.82) is 5.26 Å². The van der Waals surface area contributed by atoms with Gasteiger partial charge in [0, 0.05) is 32.4 Å². The summed E-state index contributed by atoms with van der Waals surface area (Å²) in [5.41, 5.74) is 0.576. The first-order valence-electron chi connectivity index (χ1n) is 9.25. The normalized spacial score (nSPS) is 21.9. The van der Waals surface area contributed by atoms with Crippen molar-refractivity contribution < 1.29 is 4.79 Å². The molecule has 0 unspecified atom stereocenters. The lowest BCUT2D eigenvalue weighted by molar-refractivity contribution is -0.133. The Kier molecular flexibility index (Phi) is 5.87. The van der Waals surface area contributed by atoms with Gasteiger partial charge in [-0.15, -0.1) is 0 Å². The largest absolute Gasteiger partial charge is 0.369 e. The third-order valence-electron chi connectivity index (χ3n) is 5.35. The predicted octanol–water partition coefficient (Wildman–Crippen LogP) is 1.95. The van der Waals surface area contributed by atoms with Gasteiger partial charge < -0.3 is 10.2 Å². The van der Waals surface area contributed by atoms with E-state index in [2.05, 4.69) is 28.2 Å². The Morgan fingerprint density at radius 2 is 2.16 bits per heavy atom. The van der Waals surface area contributed by atoms with Gasteiger partial charge in [-0.2, -0.15) is 5.26 Å². The molecule has 0 saturated carbocycles. The first kappa shape index (κ1) is 17.7. The number of likely N-dealkylation sites (tertiary alicyclic amines) is 2. The number of nitrogens with one attached hydrogen (secondary N) is 1. The molecule has 1 aromatic rings. The Hall–Kier alpha value is -2.13. The molecule has 0 spiro atoms. The van der Waals surface area contributed by atoms with Crippen molar-refractivity contribution in [2.75, 3.05) is 44.6 Å². The van der Waals surface area contributed by atoms with Crippen molar-refractivity contribution in [2.24, 2.45) is 11.8 Å². The fourth-order valence-corrected chi connectivity index (χ4v) is 3.65. The summed E-state index contributed by atoms with van der Waals surface area (Å²) < 4.78 is 0. The van der Waals surface area contributed by atoms with Crippen LogP contribution >= 0.6 is 0 Å². The zero-order valence-electron chi connectivity index (χ0n) is 14.9. The summed E-state index contributed by atoms with van der Waals surface area (Å²) >= 11 is 0. The summed E-state index contributed by atoms with van der Waals surface area (Å²) in [6.45, 7) is 7.31.